The van der Waals surface area contributed by atoms with Gasteiger partial charge in [-0.1, -0.05) is 26.7 Å². The Balaban J connectivity index is 1.49. The molecule has 1 amide bonds. The van der Waals surface area contributed by atoms with Gasteiger partial charge in [0.25, 0.3) is 11.5 Å². The van der Waals surface area contributed by atoms with Crippen LogP contribution in [0.3, 0.4) is 0 Å². The van der Waals surface area contributed by atoms with Gasteiger partial charge in [-0.3, -0.25) is 14.0 Å². The maximum absolute atomic E-state index is 13.7. The number of carbonyl (C=O) groups excluding carboxylic acids is 1. The molecule has 7 heteroatoms. The first kappa shape index (κ1) is 25.0. The molecule has 2 aromatic heterocycles. The number of amides is 1. The van der Waals surface area contributed by atoms with Crippen molar-refractivity contribution < 1.29 is 4.79 Å². The van der Waals surface area contributed by atoms with Crippen LogP contribution in [0.1, 0.15) is 92.9 Å². The Morgan fingerprint density at radius 2 is 1.81 bits per heavy atom. The Morgan fingerprint density at radius 3 is 2.53 bits per heavy atom. The molecule has 36 heavy (non-hydrogen) atoms. The number of aromatic nitrogens is 3. The quantitative estimate of drug-likeness (QED) is 0.475. The fourth-order valence-corrected chi connectivity index (χ4v) is 5.91. The van der Waals surface area contributed by atoms with Crippen molar-refractivity contribution in [2.24, 2.45) is 5.92 Å². The number of imidazole rings is 1. The van der Waals surface area contributed by atoms with Gasteiger partial charge in [-0.15, -0.1) is 0 Å². The van der Waals surface area contributed by atoms with Crippen LogP contribution >= 0.6 is 0 Å². The van der Waals surface area contributed by atoms with Gasteiger partial charge < -0.3 is 14.8 Å². The van der Waals surface area contributed by atoms with E-state index in [9.17, 15) is 9.59 Å². The van der Waals surface area contributed by atoms with Gasteiger partial charge in [-0.05, 0) is 75.6 Å². The molecule has 1 aromatic carbocycles. The van der Waals surface area contributed by atoms with Crippen molar-refractivity contribution in [3.8, 4) is 0 Å². The zero-order valence-corrected chi connectivity index (χ0v) is 22.2. The molecule has 1 saturated carbocycles. The third-order valence-electron chi connectivity index (χ3n) is 8.06. The van der Waals surface area contributed by atoms with Crippen LogP contribution in [0.25, 0.3) is 16.6 Å². The number of aryl methyl sites for hydroxylation is 1. The second-order valence-electron chi connectivity index (χ2n) is 11.0. The SMILES string of the molecule is CCCC(CCC)c1ncc2c(=O)[nH]c3cc(C(=O)N4CCCCN(CC5CC5)CC4)c(C)cc3n12. The third kappa shape index (κ3) is 5.08. The van der Waals surface area contributed by atoms with E-state index in [0.29, 0.717) is 22.5 Å². The van der Waals surface area contributed by atoms with Crippen molar-refractivity contribution in [2.45, 2.75) is 78.1 Å². The largest absolute Gasteiger partial charge is 0.337 e. The lowest BCUT2D eigenvalue weighted by atomic mass is 9.97. The number of hydrogen-bond acceptors (Lipinski definition) is 4. The van der Waals surface area contributed by atoms with Crippen LogP contribution in [0.4, 0.5) is 0 Å². The number of hydrogen-bond donors (Lipinski definition) is 1. The summed E-state index contributed by atoms with van der Waals surface area (Å²) < 4.78 is 2.04. The molecule has 2 aliphatic rings. The predicted molar refractivity (Wildman–Crippen MR) is 145 cm³/mol. The summed E-state index contributed by atoms with van der Waals surface area (Å²) in [5.41, 5.74) is 3.68. The Kier molecular flexibility index (Phi) is 7.47. The molecule has 1 saturated heterocycles. The summed E-state index contributed by atoms with van der Waals surface area (Å²) in [4.78, 5) is 39.0. The van der Waals surface area contributed by atoms with Gasteiger partial charge in [-0.2, -0.15) is 0 Å². The molecule has 2 fully saturated rings. The van der Waals surface area contributed by atoms with Gasteiger partial charge in [0.1, 0.15) is 11.3 Å². The lowest BCUT2D eigenvalue weighted by molar-refractivity contribution is 0.0707. The van der Waals surface area contributed by atoms with E-state index in [2.05, 4.69) is 29.8 Å². The molecular weight excluding hydrogens is 450 g/mol. The maximum atomic E-state index is 13.7. The highest BCUT2D eigenvalue weighted by Gasteiger charge is 2.27. The number of benzene rings is 1. The highest BCUT2D eigenvalue weighted by atomic mass is 16.2. The molecule has 5 rings (SSSR count). The van der Waals surface area contributed by atoms with E-state index in [-0.39, 0.29) is 11.5 Å². The van der Waals surface area contributed by atoms with Crippen LogP contribution in [0, 0.1) is 12.8 Å². The van der Waals surface area contributed by atoms with Gasteiger partial charge >= 0.3 is 0 Å². The van der Waals surface area contributed by atoms with E-state index in [0.717, 1.165) is 87.5 Å². The highest BCUT2D eigenvalue weighted by Crippen LogP contribution is 2.31. The smallest absolute Gasteiger partial charge is 0.274 e. The minimum absolute atomic E-state index is 0.0734. The van der Waals surface area contributed by atoms with Crippen molar-refractivity contribution in [1.82, 2.24) is 24.2 Å². The average molecular weight is 492 g/mol. The lowest BCUT2D eigenvalue weighted by Crippen LogP contribution is -2.42. The van der Waals surface area contributed by atoms with Crippen molar-refractivity contribution in [3.05, 3.63) is 45.6 Å². The molecule has 0 atom stereocenters. The van der Waals surface area contributed by atoms with Crippen molar-refractivity contribution in [1.29, 1.82) is 0 Å². The minimum atomic E-state index is -0.155. The molecule has 0 bridgehead atoms. The van der Waals surface area contributed by atoms with Gasteiger partial charge in [0, 0.05) is 37.7 Å². The number of fused-ring (bicyclic) bond motifs is 3. The van der Waals surface area contributed by atoms with Crippen LogP contribution < -0.4 is 5.56 Å². The van der Waals surface area contributed by atoms with E-state index in [1.54, 1.807) is 6.20 Å². The second-order valence-corrected chi connectivity index (χ2v) is 11.0. The van der Waals surface area contributed by atoms with Crippen LogP contribution in [-0.2, 0) is 0 Å². The van der Waals surface area contributed by atoms with Crippen LogP contribution in [0.2, 0.25) is 0 Å². The lowest BCUT2D eigenvalue weighted by Gasteiger charge is -2.31. The highest BCUT2D eigenvalue weighted by molar-refractivity contribution is 5.99. The molecular formula is C29H41N5O2. The Morgan fingerprint density at radius 1 is 1.06 bits per heavy atom. The summed E-state index contributed by atoms with van der Waals surface area (Å²) in [7, 11) is 0. The number of nitrogens with one attached hydrogen (secondary N) is 1. The molecule has 1 N–H and O–H groups in total. The Bertz CT molecular complexity index is 1280. The van der Waals surface area contributed by atoms with E-state index < -0.39 is 0 Å². The zero-order valence-electron chi connectivity index (χ0n) is 22.2. The molecule has 1 aliphatic heterocycles. The van der Waals surface area contributed by atoms with Crippen molar-refractivity contribution >= 4 is 22.5 Å². The molecule has 1 aliphatic carbocycles. The monoisotopic (exact) mass is 491 g/mol. The third-order valence-corrected chi connectivity index (χ3v) is 8.06. The minimum Gasteiger partial charge on any atom is -0.337 e. The molecule has 0 radical (unpaired) electrons. The molecule has 0 spiro atoms. The summed E-state index contributed by atoms with van der Waals surface area (Å²) in [6, 6.07) is 3.96. The second kappa shape index (κ2) is 10.8. The Hall–Kier alpha value is -2.67. The fraction of sp³-hybridized carbons (Fsp3) is 0.621. The molecule has 0 unspecified atom stereocenters. The number of carbonyl (C=O) groups is 1. The predicted octanol–water partition coefficient (Wildman–Crippen LogP) is 5.12. The van der Waals surface area contributed by atoms with Crippen LogP contribution in [0.15, 0.2) is 23.1 Å². The number of aromatic amines is 1. The summed E-state index contributed by atoms with van der Waals surface area (Å²) in [6.07, 6.45) is 10.8. The Labute approximate surface area is 213 Å². The first-order valence-corrected chi connectivity index (χ1v) is 14.1. The van der Waals surface area contributed by atoms with E-state index in [1.807, 2.05) is 22.3 Å². The van der Waals surface area contributed by atoms with Gasteiger partial charge in [0.2, 0.25) is 0 Å². The average Bonchev–Trinajstić information content (AvgIpc) is 3.55. The maximum Gasteiger partial charge on any atom is 0.274 e. The van der Waals surface area contributed by atoms with E-state index in [4.69, 9.17) is 4.98 Å². The summed E-state index contributed by atoms with van der Waals surface area (Å²) >= 11 is 0. The van der Waals surface area contributed by atoms with Gasteiger partial charge in [0.15, 0.2) is 0 Å². The summed E-state index contributed by atoms with van der Waals surface area (Å²) in [5, 5.41) is 0. The fourth-order valence-electron chi connectivity index (χ4n) is 5.91. The van der Waals surface area contributed by atoms with Crippen LogP contribution in [0.5, 0.6) is 0 Å². The molecule has 3 heterocycles. The first-order valence-electron chi connectivity index (χ1n) is 14.1. The summed E-state index contributed by atoms with van der Waals surface area (Å²) in [5.74, 6) is 2.22. The van der Waals surface area contributed by atoms with E-state index >= 15 is 0 Å². The number of rotatable bonds is 8. The number of H-pyrrole nitrogens is 1. The van der Waals surface area contributed by atoms with Crippen molar-refractivity contribution in [2.75, 3.05) is 32.7 Å². The van der Waals surface area contributed by atoms with Gasteiger partial charge in [-0.25, -0.2) is 4.98 Å². The van der Waals surface area contributed by atoms with Crippen LogP contribution in [-0.4, -0.2) is 62.8 Å². The van der Waals surface area contributed by atoms with E-state index in [1.165, 1.54) is 19.4 Å². The van der Waals surface area contributed by atoms with Gasteiger partial charge in [0.05, 0.1) is 17.2 Å². The van der Waals surface area contributed by atoms with Crippen molar-refractivity contribution in [3.63, 3.8) is 0 Å². The molecule has 3 aromatic rings. The standard InChI is InChI=1S/C29H41N5O2/c1-4-8-22(9-5-2)27-30-18-26-28(35)31-24-17-23(20(3)16-25(24)34(26)27)29(36)33-13-7-6-12-32(14-15-33)19-21-10-11-21/h16-18,21-22H,4-15,19H2,1-3H3,(H,31,35). The molecule has 7 nitrogen and oxygen atoms in total. The molecule has 194 valence electrons. The zero-order chi connectivity index (χ0) is 25.2. The number of nitrogens with zero attached hydrogens (tertiary/aromatic N) is 4. The first-order chi connectivity index (χ1) is 17.5. The summed E-state index contributed by atoms with van der Waals surface area (Å²) in [6.45, 7) is 11.2. The normalized spacial score (nSPS) is 17.7. The topological polar surface area (TPSA) is 73.7 Å².